The van der Waals surface area contributed by atoms with Crippen molar-refractivity contribution in [3.8, 4) is 0 Å². The van der Waals surface area contributed by atoms with Gasteiger partial charge < -0.3 is 15.4 Å². The fourth-order valence-electron chi connectivity index (χ4n) is 5.20. The van der Waals surface area contributed by atoms with Crippen molar-refractivity contribution in [1.82, 2.24) is 10.3 Å². The minimum atomic E-state index is -0.593. The molecule has 2 aromatic rings. The van der Waals surface area contributed by atoms with Crippen molar-refractivity contribution < 1.29 is 14.5 Å². The standard InChI is InChI=1S/C26H34ClN3O3/c1-17(2)18-3-6-24-25(15-18)31-26(33-32-24)10-7-20(8-11-26)28-13-14-30-22-9-12-29-23-16-19(27)4-5-21(22)23/h4-5,9,12,15-17,20,24-25,28H,3,6-8,10-11,13-14H2,1-2H3,(H,29,30)/t20?,24-,25+,26?/m0/s1. The van der Waals surface area contributed by atoms with Crippen molar-refractivity contribution in [3.63, 3.8) is 0 Å². The molecule has 0 bridgehead atoms. The number of hydrogen-bond acceptors (Lipinski definition) is 6. The number of rotatable bonds is 6. The summed E-state index contributed by atoms with van der Waals surface area (Å²) in [6.07, 6.45) is 9.92. The first-order chi connectivity index (χ1) is 16.0. The van der Waals surface area contributed by atoms with Crippen LogP contribution in [0.1, 0.15) is 52.4 Å². The molecule has 5 rings (SSSR count). The SMILES string of the molecule is CC(C)C1=C[C@H]2OC3(CCC(NCCNc4ccnc5cc(Cl)ccc45)CC3)OO[C@H]2CC1. The fraction of sp³-hybridized carbons (Fsp3) is 0.577. The van der Waals surface area contributed by atoms with E-state index in [1.165, 1.54) is 5.57 Å². The molecule has 1 saturated carbocycles. The number of fused-ring (bicyclic) bond motifs is 2. The molecule has 178 valence electrons. The summed E-state index contributed by atoms with van der Waals surface area (Å²) < 4.78 is 6.50. The maximum absolute atomic E-state index is 6.50. The third kappa shape index (κ3) is 5.20. The summed E-state index contributed by atoms with van der Waals surface area (Å²) >= 11 is 6.09. The van der Waals surface area contributed by atoms with Crippen molar-refractivity contribution in [2.75, 3.05) is 18.4 Å². The molecule has 1 aromatic carbocycles. The normalized spacial score (nSPS) is 29.8. The molecule has 1 aromatic heterocycles. The lowest BCUT2D eigenvalue weighted by molar-refractivity contribution is -0.503. The first-order valence-electron chi connectivity index (χ1n) is 12.3. The lowest BCUT2D eigenvalue weighted by atomic mass is 9.86. The zero-order valence-electron chi connectivity index (χ0n) is 19.5. The number of anilines is 1. The van der Waals surface area contributed by atoms with Crippen molar-refractivity contribution in [2.45, 2.75) is 76.4 Å². The monoisotopic (exact) mass is 471 g/mol. The molecule has 1 spiro atoms. The Labute approximate surface area is 201 Å². The average Bonchev–Trinajstić information content (AvgIpc) is 2.82. The molecule has 2 atom stereocenters. The minimum Gasteiger partial charge on any atom is -0.383 e. The Kier molecular flexibility index (Phi) is 6.91. The highest BCUT2D eigenvalue weighted by Crippen LogP contribution is 2.41. The Morgan fingerprint density at radius 2 is 2.00 bits per heavy atom. The summed E-state index contributed by atoms with van der Waals surface area (Å²) in [5.41, 5.74) is 3.46. The number of hydrogen-bond donors (Lipinski definition) is 2. The van der Waals surface area contributed by atoms with E-state index in [2.05, 4.69) is 35.5 Å². The number of pyridine rings is 1. The van der Waals surface area contributed by atoms with Crippen molar-refractivity contribution in [1.29, 1.82) is 0 Å². The molecule has 2 fully saturated rings. The van der Waals surface area contributed by atoms with Crippen LogP contribution < -0.4 is 10.6 Å². The van der Waals surface area contributed by atoms with Crippen LogP contribution in [0, 0.1) is 5.92 Å². The van der Waals surface area contributed by atoms with Gasteiger partial charge in [0.25, 0.3) is 0 Å². The van der Waals surface area contributed by atoms with Gasteiger partial charge in [-0.15, -0.1) is 0 Å². The third-order valence-electron chi connectivity index (χ3n) is 7.20. The topological polar surface area (TPSA) is 64.6 Å². The van der Waals surface area contributed by atoms with Crippen molar-refractivity contribution in [3.05, 3.63) is 47.1 Å². The van der Waals surface area contributed by atoms with E-state index < -0.39 is 5.79 Å². The molecule has 1 saturated heterocycles. The molecular weight excluding hydrogens is 438 g/mol. The van der Waals surface area contributed by atoms with Gasteiger partial charge in [0, 0.05) is 54.3 Å². The van der Waals surface area contributed by atoms with E-state index >= 15 is 0 Å². The molecular formula is C26H34ClN3O3. The second-order valence-corrected chi connectivity index (χ2v) is 10.3. The number of ether oxygens (including phenoxy) is 1. The Morgan fingerprint density at radius 3 is 2.82 bits per heavy atom. The van der Waals surface area contributed by atoms with Crippen molar-refractivity contribution in [2.24, 2.45) is 5.92 Å². The van der Waals surface area contributed by atoms with Crippen LogP contribution in [0.15, 0.2) is 42.1 Å². The highest BCUT2D eigenvalue weighted by molar-refractivity contribution is 6.31. The Hall–Kier alpha value is -1.70. The van der Waals surface area contributed by atoms with Gasteiger partial charge >= 0.3 is 0 Å². The van der Waals surface area contributed by atoms with Gasteiger partial charge in [-0.25, -0.2) is 9.78 Å². The maximum Gasteiger partial charge on any atom is 0.202 e. The molecule has 2 N–H and O–H groups in total. The molecule has 0 radical (unpaired) electrons. The average molecular weight is 472 g/mol. The number of allylic oxidation sites excluding steroid dienone is 1. The second kappa shape index (κ2) is 9.88. The summed E-state index contributed by atoms with van der Waals surface area (Å²) in [4.78, 5) is 16.1. The third-order valence-corrected chi connectivity index (χ3v) is 7.44. The fourth-order valence-corrected chi connectivity index (χ4v) is 5.36. The van der Waals surface area contributed by atoms with E-state index in [1.54, 1.807) is 0 Å². The molecule has 33 heavy (non-hydrogen) atoms. The van der Waals surface area contributed by atoms with E-state index in [4.69, 9.17) is 26.1 Å². The van der Waals surface area contributed by atoms with Gasteiger partial charge in [-0.3, -0.25) is 4.98 Å². The van der Waals surface area contributed by atoms with Gasteiger partial charge in [-0.1, -0.05) is 37.1 Å². The molecule has 2 aliphatic carbocycles. The zero-order valence-corrected chi connectivity index (χ0v) is 20.2. The lowest BCUT2D eigenvalue weighted by Crippen LogP contribution is -2.54. The van der Waals surface area contributed by atoms with Crippen LogP contribution in [0.4, 0.5) is 5.69 Å². The van der Waals surface area contributed by atoms with Gasteiger partial charge in [0.15, 0.2) is 0 Å². The Morgan fingerprint density at radius 1 is 1.15 bits per heavy atom. The zero-order chi connectivity index (χ0) is 22.8. The van der Waals surface area contributed by atoms with Crippen LogP contribution in [0.2, 0.25) is 5.02 Å². The maximum atomic E-state index is 6.50. The molecule has 6 nitrogen and oxygen atoms in total. The number of aromatic nitrogens is 1. The van der Waals surface area contributed by atoms with Gasteiger partial charge in [0.05, 0.1) is 5.52 Å². The number of benzene rings is 1. The van der Waals surface area contributed by atoms with Gasteiger partial charge in [0.2, 0.25) is 5.79 Å². The quantitative estimate of drug-likeness (QED) is 0.324. The van der Waals surface area contributed by atoms with Crippen molar-refractivity contribution >= 4 is 28.2 Å². The highest BCUT2D eigenvalue weighted by Gasteiger charge is 2.47. The number of nitrogens with zero attached hydrogens (tertiary/aromatic N) is 1. The summed E-state index contributed by atoms with van der Waals surface area (Å²) in [5, 5.41) is 9.00. The lowest BCUT2D eigenvalue weighted by Gasteiger charge is -2.47. The van der Waals surface area contributed by atoms with Crippen LogP contribution >= 0.6 is 11.6 Å². The van der Waals surface area contributed by atoms with E-state index in [0.717, 1.165) is 68.2 Å². The van der Waals surface area contributed by atoms with E-state index in [0.29, 0.717) is 17.0 Å². The second-order valence-electron chi connectivity index (χ2n) is 9.82. The molecule has 7 heteroatoms. The Balaban J connectivity index is 1.09. The first kappa shape index (κ1) is 23.1. The number of halogens is 1. The van der Waals surface area contributed by atoms with E-state index in [1.807, 2.05) is 30.5 Å². The first-order valence-corrected chi connectivity index (χ1v) is 12.6. The summed E-state index contributed by atoms with van der Waals surface area (Å²) in [6, 6.07) is 8.29. The predicted octanol–water partition coefficient (Wildman–Crippen LogP) is 5.62. The largest absolute Gasteiger partial charge is 0.383 e. The number of nitrogens with one attached hydrogen (secondary N) is 2. The van der Waals surface area contributed by atoms with Crippen LogP contribution in [-0.2, 0) is 14.5 Å². The van der Waals surface area contributed by atoms with E-state index in [-0.39, 0.29) is 12.2 Å². The minimum absolute atomic E-state index is 0.0173. The summed E-state index contributed by atoms with van der Waals surface area (Å²) in [5.74, 6) is -0.0325. The molecule has 1 aliphatic heterocycles. The summed E-state index contributed by atoms with van der Waals surface area (Å²) in [7, 11) is 0. The van der Waals surface area contributed by atoms with Gasteiger partial charge in [-0.05, 0) is 55.9 Å². The molecule has 0 unspecified atom stereocenters. The van der Waals surface area contributed by atoms with Crippen LogP contribution in [-0.4, -0.2) is 42.1 Å². The van der Waals surface area contributed by atoms with Crippen LogP contribution in [0.5, 0.6) is 0 Å². The molecule has 2 heterocycles. The van der Waals surface area contributed by atoms with Crippen LogP contribution in [0.3, 0.4) is 0 Å². The highest BCUT2D eigenvalue weighted by atomic mass is 35.5. The van der Waals surface area contributed by atoms with Crippen LogP contribution in [0.25, 0.3) is 10.9 Å². The smallest absolute Gasteiger partial charge is 0.202 e. The predicted molar refractivity (Wildman–Crippen MR) is 131 cm³/mol. The van der Waals surface area contributed by atoms with Gasteiger partial charge in [-0.2, -0.15) is 0 Å². The molecule has 0 amide bonds. The Bertz CT molecular complexity index is 1000. The molecule has 3 aliphatic rings. The van der Waals surface area contributed by atoms with Gasteiger partial charge in [0.1, 0.15) is 12.2 Å². The van der Waals surface area contributed by atoms with E-state index in [9.17, 15) is 0 Å². The summed E-state index contributed by atoms with van der Waals surface area (Å²) in [6.45, 7) is 6.23.